The van der Waals surface area contributed by atoms with Gasteiger partial charge in [-0.25, -0.2) is 0 Å². The first-order valence-corrected chi connectivity index (χ1v) is 37.8. The van der Waals surface area contributed by atoms with Gasteiger partial charge in [-0.2, -0.15) is 0 Å². The standard InChI is InChI=1S/C77H147NO5/c1-3-5-7-9-11-13-15-16-17-41-45-48-51-55-59-63-67-71-77(82)83-72-68-64-60-56-52-49-46-43-40-38-36-34-32-30-28-26-24-22-20-18-19-21-23-25-27-29-31-33-35-37-39-42-44-47-50-54-58-62-66-70-76(81)78-74(73-79)75(80)69-65-61-57-53-14-12-10-8-6-4-2/h11,13,16-17,65,69,74-75,79-80H,3-10,12,14-15,18-64,66-68,70-73H2,1-2H3,(H,78,81)/b13-11-,17-16-,69-65+. The Morgan fingerprint density at radius 2 is 0.602 bits per heavy atom. The zero-order chi connectivity index (χ0) is 59.9. The minimum absolute atomic E-state index is 0.0164. The number of allylic oxidation sites excluding steroid dienone is 5. The third-order valence-electron chi connectivity index (χ3n) is 17.7. The zero-order valence-electron chi connectivity index (χ0n) is 56.2. The van der Waals surface area contributed by atoms with Gasteiger partial charge >= 0.3 is 5.97 Å². The summed E-state index contributed by atoms with van der Waals surface area (Å²) in [6.45, 7) is 4.89. The Balaban J connectivity index is 3.27. The quantitative estimate of drug-likeness (QED) is 0.0320. The summed E-state index contributed by atoms with van der Waals surface area (Å²) in [5, 5.41) is 23.0. The van der Waals surface area contributed by atoms with Gasteiger partial charge in [0, 0.05) is 12.8 Å². The molecule has 0 saturated heterocycles. The summed E-state index contributed by atoms with van der Waals surface area (Å²) in [6.07, 6.45) is 94.2. The zero-order valence-corrected chi connectivity index (χ0v) is 56.2. The molecule has 83 heavy (non-hydrogen) atoms. The van der Waals surface area contributed by atoms with Gasteiger partial charge in [-0.15, -0.1) is 0 Å². The fourth-order valence-corrected chi connectivity index (χ4v) is 11.9. The molecule has 6 nitrogen and oxygen atoms in total. The molecule has 490 valence electrons. The van der Waals surface area contributed by atoms with Crippen LogP contribution in [0.1, 0.15) is 418 Å². The van der Waals surface area contributed by atoms with Gasteiger partial charge in [-0.3, -0.25) is 9.59 Å². The summed E-state index contributed by atoms with van der Waals surface area (Å²) in [6, 6.07) is -0.621. The van der Waals surface area contributed by atoms with E-state index in [1.165, 1.54) is 340 Å². The average Bonchev–Trinajstić information content (AvgIpc) is 3.50. The van der Waals surface area contributed by atoms with Crippen LogP contribution in [-0.2, 0) is 14.3 Å². The average molecular weight is 1170 g/mol. The molecule has 0 aliphatic carbocycles. The molecule has 0 rings (SSSR count). The molecule has 0 spiro atoms. The van der Waals surface area contributed by atoms with E-state index < -0.39 is 12.1 Å². The number of hydrogen-bond acceptors (Lipinski definition) is 5. The lowest BCUT2D eigenvalue weighted by Crippen LogP contribution is -2.45. The number of amides is 1. The summed E-state index contributed by atoms with van der Waals surface area (Å²) in [5.41, 5.74) is 0. The van der Waals surface area contributed by atoms with E-state index in [1.54, 1.807) is 6.08 Å². The maximum absolute atomic E-state index is 12.4. The third-order valence-corrected chi connectivity index (χ3v) is 17.7. The second kappa shape index (κ2) is 72.6. The SMILES string of the molecule is CCCCC/C=C\C/C=C\CCCCCCCCCC(=O)OCCCCCCCCCCCCCCCCCCCCCCCCCCCCCCCCCCCCCCCCCC(=O)NC(CO)C(O)/C=C/CCCCCCCCCC. The van der Waals surface area contributed by atoms with Crippen LogP contribution >= 0.6 is 0 Å². The Morgan fingerprint density at radius 1 is 0.337 bits per heavy atom. The number of rotatable bonds is 71. The van der Waals surface area contributed by atoms with Crippen LogP contribution in [0.25, 0.3) is 0 Å². The summed E-state index contributed by atoms with van der Waals surface area (Å²) in [5.74, 6) is -0.0457. The number of aliphatic hydroxyl groups excluding tert-OH is 2. The number of carbonyl (C=O) groups excluding carboxylic acids is 2. The Hall–Kier alpha value is -1.92. The van der Waals surface area contributed by atoms with Crippen molar-refractivity contribution in [2.45, 2.75) is 431 Å². The molecule has 0 radical (unpaired) electrons. The van der Waals surface area contributed by atoms with E-state index >= 15 is 0 Å². The van der Waals surface area contributed by atoms with Gasteiger partial charge in [-0.05, 0) is 64.2 Å². The van der Waals surface area contributed by atoms with Crippen molar-refractivity contribution in [1.29, 1.82) is 0 Å². The molecule has 0 aliphatic rings. The lowest BCUT2D eigenvalue weighted by Gasteiger charge is -2.20. The van der Waals surface area contributed by atoms with Crippen molar-refractivity contribution < 1.29 is 24.5 Å². The van der Waals surface area contributed by atoms with Crippen LogP contribution in [0.3, 0.4) is 0 Å². The molecule has 0 saturated carbocycles. The van der Waals surface area contributed by atoms with Gasteiger partial charge in [-0.1, -0.05) is 378 Å². The minimum atomic E-state index is -0.838. The summed E-state index contributed by atoms with van der Waals surface area (Å²) < 4.78 is 5.51. The first-order chi connectivity index (χ1) is 41.0. The molecule has 2 unspecified atom stereocenters. The predicted octanol–water partition coefficient (Wildman–Crippen LogP) is 24.7. The van der Waals surface area contributed by atoms with Crippen LogP contribution in [0.2, 0.25) is 0 Å². The maximum Gasteiger partial charge on any atom is 0.305 e. The van der Waals surface area contributed by atoms with Crippen molar-refractivity contribution in [1.82, 2.24) is 5.32 Å². The number of carbonyl (C=O) groups is 2. The number of hydrogen-bond donors (Lipinski definition) is 3. The third kappa shape index (κ3) is 69.1. The van der Waals surface area contributed by atoms with Crippen LogP contribution in [0.4, 0.5) is 0 Å². The van der Waals surface area contributed by atoms with Gasteiger partial charge in [0.1, 0.15) is 0 Å². The molecule has 0 fully saturated rings. The van der Waals surface area contributed by atoms with E-state index in [1.807, 2.05) is 6.08 Å². The highest BCUT2D eigenvalue weighted by molar-refractivity contribution is 5.76. The molecule has 0 aromatic carbocycles. The van der Waals surface area contributed by atoms with Gasteiger partial charge in [0.25, 0.3) is 0 Å². The molecule has 1 amide bonds. The molecule has 2 atom stereocenters. The summed E-state index contributed by atoms with van der Waals surface area (Å²) >= 11 is 0. The second-order valence-corrected chi connectivity index (χ2v) is 26.0. The van der Waals surface area contributed by atoms with Gasteiger partial charge in [0.2, 0.25) is 5.91 Å². The van der Waals surface area contributed by atoms with Crippen LogP contribution in [0, 0.1) is 0 Å². The molecule has 0 heterocycles. The maximum atomic E-state index is 12.4. The topological polar surface area (TPSA) is 95.9 Å². The Morgan fingerprint density at radius 3 is 0.940 bits per heavy atom. The van der Waals surface area contributed by atoms with E-state index in [-0.39, 0.29) is 18.5 Å². The monoisotopic (exact) mass is 1170 g/mol. The van der Waals surface area contributed by atoms with E-state index in [9.17, 15) is 19.8 Å². The van der Waals surface area contributed by atoms with E-state index in [2.05, 4.69) is 43.5 Å². The Kier molecular flexibility index (Phi) is 70.9. The van der Waals surface area contributed by atoms with Crippen molar-refractivity contribution in [2.24, 2.45) is 0 Å². The molecule has 6 heteroatoms. The molecule has 0 aliphatic heterocycles. The second-order valence-electron chi connectivity index (χ2n) is 26.0. The fourth-order valence-electron chi connectivity index (χ4n) is 11.9. The normalized spacial score (nSPS) is 12.7. The van der Waals surface area contributed by atoms with Crippen molar-refractivity contribution in [3.8, 4) is 0 Å². The van der Waals surface area contributed by atoms with Crippen molar-refractivity contribution in [2.75, 3.05) is 13.2 Å². The lowest BCUT2D eigenvalue weighted by molar-refractivity contribution is -0.143. The molecule has 0 aromatic heterocycles. The minimum Gasteiger partial charge on any atom is -0.466 e. The number of esters is 1. The first kappa shape index (κ1) is 81.1. The number of aliphatic hydroxyl groups is 2. The van der Waals surface area contributed by atoms with E-state index in [0.29, 0.717) is 19.4 Å². The van der Waals surface area contributed by atoms with E-state index in [4.69, 9.17) is 4.74 Å². The van der Waals surface area contributed by atoms with E-state index in [0.717, 1.165) is 51.4 Å². The van der Waals surface area contributed by atoms with Gasteiger partial charge in [0.05, 0.1) is 25.4 Å². The molecule has 0 bridgehead atoms. The Labute approximate surface area is 519 Å². The van der Waals surface area contributed by atoms with Crippen LogP contribution in [-0.4, -0.2) is 47.4 Å². The predicted molar refractivity (Wildman–Crippen MR) is 366 cm³/mol. The lowest BCUT2D eigenvalue weighted by atomic mass is 10.0. The smallest absolute Gasteiger partial charge is 0.305 e. The first-order valence-electron chi connectivity index (χ1n) is 37.8. The number of ether oxygens (including phenoxy) is 1. The number of nitrogens with one attached hydrogen (secondary N) is 1. The fraction of sp³-hybridized carbons (Fsp3) is 0.896. The Bertz CT molecular complexity index is 1340. The van der Waals surface area contributed by atoms with Crippen LogP contribution < -0.4 is 5.32 Å². The van der Waals surface area contributed by atoms with Crippen molar-refractivity contribution >= 4 is 11.9 Å². The number of unbranched alkanes of at least 4 members (excludes halogenated alkanes) is 56. The van der Waals surface area contributed by atoms with Crippen LogP contribution in [0.5, 0.6) is 0 Å². The van der Waals surface area contributed by atoms with Gasteiger partial charge < -0.3 is 20.3 Å². The van der Waals surface area contributed by atoms with Gasteiger partial charge in [0.15, 0.2) is 0 Å². The summed E-state index contributed by atoms with van der Waals surface area (Å²) in [4.78, 5) is 24.5. The highest BCUT2D eigenvalue weighted by Crippen LogP contribution is 2.19. The van der Waals surface area contributed by atoms with Crippen molar-refractivity contribution in [3.63, 3.8) is 0 Å². The van der Waals surface area contributed by atoms with Crippen LogP contribution in [0.15, 0.2) is 36.5 Å². The molecular weight excluding hydrogens is 1020 g/mol. The highest BCUT2D eigenvalue weighted by atomic mass is 16.5. The summed E-state index contributed by atoms with van der Waals surface area (Å²) in [7, 11) is 0. The molecule has 0 aromatic rings. The molecule has 3 N–H and O–H groups in total. The molecular formula is C77H147NO5. The largest absolute Gasteiger partial charge is 0.466 e. The highest BCUT2D eigenvalue weighted by Gasteiger charge is 2.18. The van der Waals surface area contributed by atoms with Crippen molar-refractivity contribution in [3.05, 3.63) is 36.5 Å².